The fraction of sp³-hybridized carbons (Fsp3) is 0.267. The van der Waals surface area contributed by atoms with Crippen molar-refractivity contribution < 1.29 is 4.42 Å². The van der Waals surface area contributed by atoms with Crippen molar-refractivity contribution in [1.29, 1.82) is 0 Å². The topological polar surface area (TPSA) is 43.0 Å². The van der Waals surface area contributed by atoms with E-state index in [0.29, 0.717) is 0 Å². The molecule has 5 heteroatoms. The average molecular weight is 334 g/mol. The van der Waals surface area contributed by atoms with Crippen LogP contribution in [-0.2, 0) is 20.0 Å². The molecule has 0 aliphatic heterocycles. The molecule has 1 aromatic carbocycles. The minimum absolute atomic E-state index is 0.733. The lowest BCUT2D eigenvalue weighted by molar-refractivity contribution is 0.466. The second-order valence-corrected chi connectivity index (χ2v) is 5.50. The van der Waals surface area contributed by atoms with E-state index in [9.17, 15) is 0 Å². The molecule has 2 aromatic heterocycles. The summed E-state index contributed by atoms with van der Waals surface area (Å²) in [5, 5.41) is 9.19. The molecule has 20 heavy (non-hydrogen) atoms. The molecule has 0 aliphatic carbocycles. The van der Waals surface area contributed by atoms with Crippen molar-refractivity contribution in [2.45, 2.75) is 13.0 Å². The molecule has 1 N–H and O–H groups in total. The molecule has 0 spiro atoms. The molecule has 0 amide bonds. The van der Waals surface area contributed by atoms with Gasteiger partial charge in [-0.05, 0) is 34.1 Å². The Morgan fingerprint density at radius 2 is 2.10 bits per heavy atom. The van der Waals surface area contributed by atoms with Gasteiger partial charge in [-0.25, -0.2) is 0 Å². The Kier molecular flexibility index (Phi) is 3.89. The van der Waals surface area contributed by atoms with Gasteiger partial charge in [-0.15, -0.1) is 0 Å². The Hall–Kier alpha value is -1.59. The Morgan fingerprint density at radius 1 is 1.25 bits per heavy atom. The highest BCUT2D eigenvalue weighted by atomic mass is 79.9. The summed E-state index contributed by atoms with van der Waals surface area (Å²) in [5.74, 6) is 0.933. The van der Waals surface area contributed by atoms with E-state index in [1.165, 1.54) is 10.9 Å². The second-order valence-electron chi connectivity index (χ2n) is 4.72. The van der Waals surface area contributed by atoms with E-state index in [-0.39, 0.29) is 0 Å². The summed E-state index contributed by atoms with van der Waals surface area (Å²) in [6.07, 6.45) is 0.906. The molecule has 0 atom stereocenters. The third kappa shape index (κ3) is 2.78. The Balaban J connectivity index is 1.60. The predicted molar refractivity (Wildman–Crippen MR) is 82.5 cm³/mol. The van der Waals surface area contributed by atoms with Gasteiger partial charge in [0.15, 0.2) is 4.67 Å². The molecule has 0 radical (unpaired) electrons. The van der Waals surface area contributed by atoms with Crippen LogP contribution in [0.3, 0.4) is 0 Å². The number of nitrogens with zero attached hydrogens (tertiary/aromatic N) is 2. The summed E-state index contributed by atoms with van der Waals surface area (Å²) < 4.78 is 8.15. The predicted octanol–water partition coefficient (Wildman–Crippen LogP) is 3.26. The quantitative estimate of drug-likeness (QED) is 0.729. The van der Waals surface area contributed by atoms with E-state index in [0.717, 1.165) is 35.6 Å². The summed E-state index contributed by atoms with van der Waals surface area (Å²) in [7, 11) is 1.99. The smallest absolute Gasteiger partial charge is 0.169 e. The van der Waals surface area contributed by atoms with Crippen molar-refractivity contribution in [2.75, 3.05) is 6.54 Å². The van der Waals surface area contributed by atoms with Crippen LogP contribution in [0.2, 0.25) is 0 Å². The molecule has 0 saturated heterocycles. The summed E-state index contributed by atoms with van der Waals surface area (Å²) in [6, 6.07) is 12.2. The first-order valence-corrected chi connectivity index (χ1v) is 7.39. The number of halogens is 1. The highest BCUT2D eigenvalue weighted by Gasteiger charge is 2.07. The van der Waals surface area contributed by atoms with Gasteiger partial charge in [-0.1, -0.05) is 18.2 Å². The van der Waals surface area contributed by atoms with Crippen LogP contribution in [0.4, 0.5) is 0 Å². The van der Waals surface area contributed by atoms with Crippen molar-refractivity contribution in [2.24, 2.45) is 7.05 Å². The molecule has 3 aromatic rings. The summed E-state index contributed by atoms with van der Waals surface area (Å²) in [6.45, 7) is 1.61. The van der Waals surface area contributed by atoms with Crippen molar-refractivity contribution in [3.8, 4) is 0 Å². The van der Waals surface area contributed by atoms with E-state index in [1.807, 2.05) is 29.9 Å². The van der Waals surface area contributed by atoms with Gasteiger partial charge < -0.3 is 9.73 Å². The van der Waals surface area contributed by atoms with Crippen LogP contribution in [-0.4, -0.2) is 16.3 Å². The number of aryl methyl sites for hydroxylation is 1. The van der Waals surface area contributed by atoms with Crippen LogP contribution in [0.25, 0.3) is 10.9 Å². The van der Waals surface area contributed by atoms with Crippen LogP contribution in [0.15, 0.2) is 45.5 Å². The Morgan fingerprint density at radius 3 is 2.90 bits per heavy atom. The van der Waals surface area contributed by atoms with Gasteiger partial charge in [0.25, 0.3) is 0 Å². The monoisotopic (exact) mass is 333 g/mol. The number of fused-ring (bicyclic) bond motifs is 1. The number of nitrogens with one attached hydrogen (secondary N) is 1. The highest BCUT2D eigenvalue weighted by Crippen LogP contribution is 2.17. The van der Waals surface area contributed by atoms with Crippen LogP contribution in [0.1, 0.15) is 11.5 Å². The maximum atomic E-state index is 5.44. The van der Waals surface area contributed by atoms with Gasteiger partial charge in [0.2, 0.25) is 0 Å². The first-order chi connectivity index (χ1) is 9.74. The fourth-order valence-electron chi connectivity index (χ4n) is 2.34. The SMILES string of the molecule is Cn1nc(CCNCc2ccc(Br)o2)c2ccccc21. The molecule has 0 bridgehead atoms. The largest absolute Gasteiger partial charge is 0.453 e. The van der Waals surface area contributed by atoms with E-state index < -0.39 is 0 Å². The fourth-order valence-corrected chi connectivity index (χ4v) is 2.68. The molecule has 0 unspecified atom stereocenters. The average Bonchev–Trinajstić information content (AvgIpc) is 3.00. The van der Waals surface area contributed by atoms with Crippen LogP contribution in [0.5, 0.6) is 0 Å². The Labute approximate surface area is 125 Å². The normalized spacial score (nSPS) is 11.3. The number of rotatable bonds is 5. The zero-order valence-electron chi connectivity index (χ0n) is 11.3. The van der Waals surface area contributed by atoms with Gasteiger partial charge in [0, 0.05) is 25.4 Å². The minimum atomic E-state index is 0.733. The van der Waals surface area contributed by atoms with Crippen LogP contribution < -0.4 is 5.32 Å². The second kappa shape index (κ2) is 5.81. The summed E-state index contributed by atoms with van der Waals surface area (Å²) in [5.41, 5.74) is 2.31. The number of benzene rings is 1. The van der Waals surface area contributed by atoms with Gasteiger partial charge in [-0.2, -0.15) is 5.10 Å². The molecular formula is C15H16BrN3O. The Bertz CT molecular complexity index is 717. The summed E-state index contributed by atoms with van der Waals surface area (Å²) >= 11 is 3.30. The van der Waals surface area contributed by atoms with Gasteiger partial charge in [0.05, 0.1) is 17.8 Å². The molecule has 3 rings (SSSR count). The molecule has 0 saturated carbocycles. The number of furan rings is 1. The van der Waals surface area contributed by atoms with E-state index in [4.69, 9.17) is 4.42 Å². The van der Waals surface area contributed by atoms with Crippen molar-refractivity contribution >= 4 is 26.8 Å². The van der Waals surface area contributed by atoms with Gasteiger partial charge in [-0.3, -0.25) is 4.68 Å². The van der Waals surface area contributed by atoms with Crippen LogP contribution in [0, 0.1) is 0 Å². The van der Waals surface area contributed by atoms with Crippen molar-refractivity contribution in [3.05, 3.63) is 52.5 Å². The number of hydrogen-bond donors (Lipinski definition) is 1. The zero-order valence-corrected chi connectivity index (χ0v) is 12.9. The minimum Gasteiger partial charge on any atom is -0.453 e. The molecule has 104 valence electrons. The highest BCUT2D eigenvalue weighted by molar-refractivity contribution is 9.10. The van der Waals surface area contributed by atoms with Gasteiger partial charge in [0.1, 0.15) is 5.76 Å². The lowest BCUT2D eigenvalue weighted by atomic mass is 10.1. The first-order valence-electron chi connectivity index (χ1n) is 6.59. The lowest BCUT2D eigenvalue weighted by Crippen LogP contribution is -2.16. The number of para-hydroxylation sites is 1. The van der Waals surface area contributed by atoms with E-state index in [2.05, 4.69) is 44.5 Å². The number of hydrogen-bond acceptors (Lipinski definition) is 3. The zero-order chi connectivity index (χ0) is 13.9. The molecule has 0 aliphatic rings. The lowest BCUT2D eigenvalue weighted by Gasteiger charge is -2.01. The third-order valence-corrected chi connectivity index (χ3v) is 3.73. The van der Waals surface area contributed by atoms with Gasteiger partial charge >= 0.3 is 0 Å². The van der Waals surface area contributed by atoms with E-state index >= 15 is 0 Å². The molecule has 4 nitrogen and oxygen atoms in total. The van der Waals surface area contributed by atoms with Crippen molar-refractivity contribution in [3.63, 3.8) is 0 Å². The standard InChI is InChI=1S/C15H16BrN3O/c1-19-14-5-3-2-4-12(14)13(18-19)8-9-17-10-11-6-7-15(16)20-11/h2-7,17H,8-10H2,1H3. The molecular weight excluding hydrogens is 318 g/mol. The maximum Gasteiger partial charge on any atom is 0.169 e. The third-order valence-electron chi connectivity index (χ3n) is 3.30. The maximum absolute atomic E-state index is 5.44. The molecule has 0 fully saturated rings. The van der Waals surface area contributed by atoms with Crippen LogP contribution >= 0.6 is 15.9 Å². The van der Waals surface area contributed by atoms with Crippen molar-refractivity contribution in [1.82, 2.24) is 15.1 Å². The number of aromatic nitrogens is 2. The first kappa shape index (κ1) is 13.4. The van der Waals surface area contributed by atoms with E-state index in [1.54, 1.807) is 0 Å². The molecule has 2 heterocycles. The summed E-state index contributed by atoms with van der Waals surface area (Å²) in [4.78, 5) is 0.